The van der Waals surface area contributed by atoms with Crippen LogP contribution in [0.15, 0.2) is 59.7 Å². The van der Waals surface area contributed by atoms with Gasteiger partial charge in [0.1, 0.15) is 6.34 Å². The van der Waals surface area contributed by atoms with Crippen molar-refractivity contribution in [2.45, 2.75) is 0 Å². The molecule has 1 heterocycles. The van der Waals surface area contributed by atoms with Crippen LogP contribution in [0, 0.1) is 0 Å². The Bertz CT molecular complexity index is 607. The molecule has 0 fully saturated rings. The van der Waals surface area contributed by atoms with Crippen LogP contribution >= 0.6 is 0 Å². The molecule has 1 aliphatic rings. The fourth-order valence-electron chi connectivity index (χ4n) is 1.88. The first-order valence-corrected chi connectivity index (χ1v) is 5.63. The summed E-state index contributed by atoms with van der Waals surface area (Å²) in [4.78, 5) is 14.0. The Morgan fingerprint density at radius 1 is 0.944 bits per heavy atom. The maximum absolute atomic E-state index is 12.4. The summed E-state index contributed by atoms with van der Waals surface area (Å²) < 4.78 is 0. The highest BCUT2D eigenvalue weighted by molar-refractivity contribution is 6.19. The van der Waals surface area contributed by atoms with E-state index >= 15 is 0 Å². The van der Waals surface area contributed by atoms with E-state index in [-0.39, 0.29) is 5.91 Å². The highest BCUT2D eigenvalue weighted by atomic mass is 16.2. The molecule has 4 heteroatoms. The van der Waals surface area contributed by atoms with E-state index < -0.39 is 0 Å². The van der Waals surface area contributed by atoms with Gasteiger partial charge >= 0.3 is 0 Å². The van der Waals surface area contributed by atoms with Gasteiger partial charge in [-0.05, 0) is 24.3 Å². The maximum atomic E-state index is 12.4. The van der Waals surface area contributed by atoms with Gasteiger partial charge in [-0.3, -0.25) is 15.1 Å². The SMILES string of the molecule is O=C1c2ccccc2NN=CN1c1ccccc1. The lowest BCUT2D eigenvalue weighted by atomic mass is 10.1. The van der Waals surface area contributed by atoms with Crippen molar-refractivity contribution in [1.29, 1.82) is 0 Å². The van der Waals surface area contributed by atoms with Crippen molar-refractivity contribution >= 4 is 23.6 Å². The Kier molecular flexibility index (Phi) is 2.53. The molecule has 18 heavy (non-hydrogen) atoms. The molecule has 0 spiro atoms. The van der Waals surface area contributed by atoms with Gasteiger partial charge in [0.05, 0.1) is 16.9 Å². The zero-order valence-corrected chi connectivity index (χ0v) is 9.58. The molecule has 0 aliphatic carbocycles. The van der Waals surface area contributed by atoms with E-state index in [4.69, 9.17) is 0 Å². The van der Waals surface area contributed by atoms with Crippen molar-refractivity contribution < 1.29 is 4.79 Å². The number of hydrazone groups is 1. The van der Waals surface area contributed by atoms with E-state index in [0.717, 1.165) is 11.4 Å². The van der Waals surface area contributed by atoms with Crippen molar-refractivity contribution in [3.8, 4) is 0 Å². The number of hydrogen-bond donors (Lipinski definition) is 1. The Balaban J connectivity index is 2.07. The van der Waals surface area contributed by atoms with Gasteiger partial charge in [0.2, 0.25) is 0 Å². The summed E-state index contributed by atoms with van der Waals surface area (Å²) in [6.07, 6.45) is 1.50. The minimum Gasteiger partial charge on any atom is -0.276 e. The predicted octanol–water partition coefficient (Wildman–Crippen LogP) is 2.70. The third-order valence-corrected chi connectivity index (χ3v) is 2.77. The predicted molar refractivity (Wildman–Crippen MR) is 71.8 cm³/mol. The van der Waals surface area contributed by atoms with Crippen LogP contribution < -0.4 is 10.3 Å². The fourth-order valence-corrected chi connectivity index (χ4v) is 1.88. The number of hydrogen-bond acceptors (Lipinski definition) is 3. The molecule has 0 saturated carbocycles. The molecule has 0 radical (unpaired) electrons. The van der Waals surface area contributed by atoms with Crippen molar-refractivity contribution in [2.75, 3.05) is 10.3 Å². The molecule has 1 aliphatic heterocycles. The lowest BCUT2D eigenvalue weighted by Crippen LogP contribution is -2.28. The molecule has 0 aromatic heterocycles. The minimum atomic E-state index is -0.0921. The Morgan fingerprint density at radius 3 is 2.50 bits per heavy atom. The van der Waals surface area contributed by atoms with Gasteiger partial charge in [-0.1, -0.05) is 30.3 Å². The lowest BCUT2D eigenvalue weighted by Gasteiger charge is -2.16. The van der Waals surface area contributed by atoms with Crippen molar-refractivity contribution in [2.24, 2.45) is 5.10 Å². The molecule has 88 valence electrons. The summed E-state index contributed by atoms with van der Waals surface area (Å²) in [6, 6.07) is 16.8. The number of para-hydroxylation sites is 2. The van der Waals surface area contributed by atoms with Gasteiger partial charge in [0.15, 0.2) is 0 Å². The second kappa shape index (κ2) is 4.33. The number of fused-ring (bicyclic) bond motifs is 1. The third kappa shape index (κ3) is 1.73. The van der Waals surface area contributed by atoms with E-state index in [1.807, 2.05) is 48.5 Å². The summed E-state index contributed by atoms with van der Waals surface area (Å²) in [6.45, 7) is 0. The van der Waals surface area contributed by atoms with E-state index in [2.05, 4.69) is 10.5 Å². The number of rotatable bonds is 1. The average molecular weight is 237 g/mol. The first-order chi connectivity index (χ1) is 8.86. The van der Waals surface area contributed by atoms with E-state index in [1.54, 1.807) is 6.07 Å². The summed E-state index contributed by atoms with van der Waals surface area (Å²) in [7, 11) is 0. The molecular weight excluding hydrogens is 226 g/mol. The van der Waals surface area contributed by atoms with Crippen LogP contribution in [-0.2, 0) is 0 Å². The van der Waals surface area contributed by atoms with E-state index in [0.29, 0.717) is 5.56 Å². The molecular formula is C14H11N3O. The first kappa shape index (κ1) is 10.5. The van der Waals surface area contributed by atoms with Crippen LogP contribution in [-0.4, -0.2) is 12.2 Å². The molecule has 2 aromatic rings. The molecule has 0 saturated heterocycles. The van der Waals surface area contributed by atoms with Gasteiger partial charge in [0, 0.05) is 0 Å². The number of carbonyl (C=O) groups is 1. The second-order valence-corrected chi connectivity index (χ2v) is 3.91. The average Bonchev–Trinajstić information content (AvgIpc) is 2.60. The number of nitrogens with one attached hydrogen (secondary N) is 1. The van der Waals surface area contributed by atoms with Crippen LogP contribution in [0.3, 0.4) is 0 Å². The maximum Gasteiger partial charge on any atom is 0.265 e. The number of carbonyl (C=O) groups excluding carboxylic acids is 1. The quantitative estimate of drug-likeness (QED) is 0.828. The molecule has 0 bridgehead atoms. The molecule has 0 atom stereocenters. The van der Waals surface area contributed by atoms with Crippen LogP contribution in [0.4, 0.5) is 11.4 Å². The first-order valence-electron chi connectivity index (χ1n) is 5.63. The van der Waals surface area contributed by atoms with Crippen LogP contribution in [0.25, 0.3) is 0 Å². The number of anilines is 2. The second-order valence-electron chi connectivity index (χ2n) is 3.91. The molecule has 2 aromatic carbocycles. The third-order valence-electron chi connectivity index (χ3n) is 2.77. The van der Waals surface area contributed by atoms with Gasteiger partial charge in [-0.25, -0.2) is 0 Å². The molecule has 4 nitrogen and oxygen atoms in total. The number of benzene rings is 2. The molecule has 1 amide bonds. The van der Waals surface area contributed by atoms with Crippen molar-refractivity contribution in [1.82, 2.24) is 0 Å². The summed E-state index contributed by atoms with van der Waals surface area (Å²) in [5.74, 6) is -0.0921. The number of amides is 1. The molecule has 3 rings (SSSR count). The standard InChI is InChI=1S/C14H11N3O/c18-14-12-8-4-5-9-13(12)16-15-10-17(14)11-6-2-1-3-7-11/h1-10,16H. The van der Waals surface area contributed by atoms with Crippen molar-refractivity contribution in [3.05, 3.63) is 60.2 Å². The van der Waals surface area contributed by atoms with Gasteiger partial charge in [-0.2, -0.15) is 5.10 Å². The largest absolute Gasteiger partial charge is 0.276 e. The van der Waals surface area contributed by atoms with Crippen LogP contribution in [0.2, 0.25) is 0 Å². The normalized spacial score (nSPS) is 13.8. The van der Waals surface area contributed by atoms with Crippen LogP contribution in [0.1, 0.15) is 10.4 Å². The van der Waals surface area contributed by atoms with Gasteiger partial charge < -0.3 is 0 Å². The molecule has 0 unspecified atom stereocenters. The van der Waals surface area contributed by atoms with Gasteiger partial charge in [-0.15, -0.1) is 0 Å². The minimum absolute atomic E-state index is 0.0921. The topological polar surface area (TPSA) is 44.7 Å². The summed E-state index contributed by atoms with van der Waals surface area (Å²) in [5.41, 5.74) is 4.99. The zero-order valence-electron chi connectivity index (χ0n) is 9.58. The van der Waals surface area contributed by atoms with Gasteiger partial charge in [0.25, 0.3) is 5.91 Å². The molecule has 1 N–H and O–H groups in total. The van der Waals surface area contributed by atoms with E-state index in [1.165, 1.54) is 11.2 Å². The number of nitrogens with zero attached hydrogens (tertiary/aromatic N) is 2. The zero-order chi connectivity index (χ0) is 12.4. The summed E-state index contributed by atoms with van der Waals surface area (Å²) >= 11 is 0. The monoisotopic (exact) mass is 237 g/mol. The highest BCUT2D eigenvalue weighted by Gasteiger charge is 2.20. The Hall–Kier alpha value is -2.62. The fraction of sp³-hybridized carbons (Fsp3) is 0. The smallest absolute Gasteiger partial charge is 0.265 e. The Morgan fingerprint density at radius 2 is 1.67 bits per heavy atom. The Labute approximate surface area is 105 Å². The van der Waals surface area contributed by atoms with Crippen molar-refractivity contribution in [3.63, 3.8) is 0 Å². The van der Waals surface area contributed by atoms with Crippen LogP contribution in [0.5, 0.6) is 0 Å². The summed E-state index contributed by atoms with van der Waals surface area (Å²) in [5, 5.41) is 4.05. The lowest BCUT2D eigenvalue weighted by molar-refractivity contribution is 0.100. The highest BCUT2D eigenvalue weighted by Crippen LogP contribution is 2.22. The van der Waals surface area contributed by atoms with E-state index in [9.17, 15) is 4.79 Å².